The molecule has 98 valence electrons. The van der Waals surface area contributed by atoms with E-state index in [0.717, 1.165) is 6.07 Å². The van der Waals surface area contributed by atoms with Gasteiger partial charge < -0.3 is 16.2 Å². The van der Waals surface area contributed by atoms with Gasteiger partial charge in [0.15, 0.2) is 0 Å². The molecule has 0 aliphatic carbocycles. The van der Waals surface area contributed by atoms with Crippen LogP contribution in [0.5, 0.6) is 0 Å². The molecule has 0 fully saturated rings. The normalized spacial score (nSPS) is 12.0. The van der Waals surface area contributed by atoms with Crippen molar-refractivity contribution in [3.63, 3.8) is 0 Å². The molecule has 8 heteroatoms. The van der Waals surface area contributed by atoms with E-state index in [1.165, 1.54) is 0 Å². The van der Waals surface area contributed by atoms with Gasteiger partial charge in [0.05, 0.1) is 22.6 Å². The summed E-state index contributed by atoms with van der Waals surface area (Å²) in [6.45, 7) is 0. The molecule has 1 unspecified atom stereocenters. The first-order valence-corrected chi connectivity index (χ1v) is 5.53. The maximum absolute atomic E-state index is 13.3. The number of carbonyl (C=O) groups is 2. The molecule has 0 bridgehead atoms. The van der Waals surface area contributed by atoms with Crippen LogP contribution in [0.2, 0.25) is 0 Å². The number of nitrogens with one attached hydrogen (secondary N) is 1. The van der Waals surface area contributed by atoms with Crippen molar-refractivity contribution in [2.24, 2.45) is 5.73 Å². The SMILES string of the molecule is NC(CC(=O)O)C(=O)Nc1cc(Br)c(F)cc1F. The Morgan fingerprint density at radius 3 is 2.56 bits per heavy atom. The van der Waals surface area contributed by atoms with Crippen LogP contribution in [0.4, 0.5) is 14.5 Å². The van der Waals surface area contributed by atoms with Crippen LogP contribution in [0.15, 0.2) is 16.6 Å². The third-order valence-electron chi connectivity index (χ3n) is 2.00. The van der Waals surface area contributed by atoms with Crippen LogP contribution in [0.3, 0.4) is 0 Å². The van der Waals surface area contributed by atoms with Gasteiger partial charge in [-0.05, 0) is 22.0 Å². The van der Waals surface area contributed by atoms with Gasteiger partial charge in [-0.1, -0.05) is 0 Å². The fourth-order valence-corrected chi connectivity index (χ4v) is 1.47. The molecule has 0 radical (unpaired) electrons. The summed E-state index contributed by atoms with van der Waals surface area (Å²) in [4.78, 5) is 21.8. The number of nitrogens with two attached hydrogens (primary N) is 1. The van der Waals surface area contributed by atoms with Gasteiger partial charge in [-0.3, -0.25) is 9.59 Å². The quantitative estimate of drug-likeness (QED) is 0.732. The third kappa shape index (κ3) is 3.74. The molecular weight excluding hydrogens is 314 g/mol. The van der Waals surface area contributed by atoms with E-state index in [9.17, 15) is 18.4 Å². The second-order valence-corrected chi connectivity index (χ2v) is 4.29. The summed E-state index contributed by atoms with van der Waals surface area (Å²) in [6.07, 6.45) is -0.587. The van der Waals surface area contributed by atoms with Gasteiger partial charge >= 0.3 is 5.97 Å². The number of anilines is 1. The van der Waals surface area contributed by atoms with Crippen LogP contribution in [-0.4, -0.2) is 23.0 Å². The maximum atomic E-state index is 13.3. The lowest BCUT2D eigenvalue weighted by molar-refractivity contribution is -0.138. The molecule has 1 rings (SSSR count). The highest BCUT2D eigenvalue weighted by atomic mass is 79.9. The molecule has 1 atom stereocenters. The minimum Gasteiger partial charge on any atom is -0.481 e. The lowest BCUT2D eigenvalue weighted by Crippen LogP contribution is -2.37. The van der Waals surface area contributed by atoms with Crippen molar-refractivity contribution in [1.29, 1.82) is 0 Å². The fraction of sp³-hybridized carbons (Fsp3) is 0.200. The van der Waals surface area contributed by atoms with Crippen LogP contribution < -0.4 is 11.1 Å². The number of hydrogen-bond donors (Lipinski definition) is 3. The Labute approximate surface area is 109 Å². The van der Waals surface area contributed by atoms with Crippen molar-refractivity contribution in [1.82, 2.24) is 0 Å². The second-order valence-electron chi connectivity index (χ2n) is 3.44. The average molecular weight is 323 g/mol. The summed E-state index contributed by atoms with van der Waals surface area (Å²) in [6, 6.07) is 0.295. The van der Waals surface area contributed by atoms with Crippen molar-refractivity contribution in [2.45, 2.75) is 12.5 Å². The highest BCUT2D eigenvalue weighted by Gasteiger charge is 2.19. The second kappa shape index (κ2) is 5.87. The van der Waals surface area contributed by atoms with Crippen molar-refractivity contribution in [3.8, 4) is 0 Å². The Balaban J connectivity index is 2.82. The van der Waals surface area contributed by atoms with Crippen molar-refractivity contribution in [2.75, 3.05) is 5.32 Å². The Morgan fingerprint density at radius 2 is 2.00 bits per heavy atom. The Kier molecular flexibility index (Phi) is 4.74. The van der Waals surface area contributed by atoms with Gasteiger partial charge in [-0.25, -0.2) is 8.78 Å². The summed E-state index contributed by atoms with van der Waals surface area (Å²) in [7, 11) is 0. The van der Waals surface area contributed by atoms with E-state index >= 15 is 0 Å². The van der Waals surface area contributed by atoms with Gasteiger partial charge in [0.25, 0.3) is 0 Å². The highest BCUT2D eigenvalue weighted by Crippen LogP contribution is 2.23. The average Bonchev–Trinajstić information content (AvgIpc) is 2.24. The lowest BCUT2D eigenvalue weighted by atomic mass is 10.2. The van der Waals surface area contributed by atoms with E-state index in [1.807, 2.05) is 0 Å². The third-order valence-corrected chi connectivity index (χ3v) is 2.61. The monoisotopic (exact) mass is 322 g/mol. The first kappa shape index (κ1) is 14.5. The molecule has 1 aromatic rings. The Morgan fingerprint density at radius 1 is 1.39 bits per heavy atom. The van der Waals surface area contributed by atoms with Gasteiger partial charge in [-0.2, -0.15) is 0 Å². The number of aliphatic carboxylic acids is 1. The van der Waals surface area contributed by atoms with E-state index in [2.05, 4.69) is 21.2 Å². The first-order valence-electron chi connectivity index (χ1n) is 4.74. The standard InChI is InChI=1S/C10H9BrF2N2O3/c11-4-1-8(6(13)2-5(4)12)15-10(18)7(14)3-9(16)17/h1-2,7H,3,14H2,(H,15,18)(H,16,17). The Hall–Kier alpha value is -1.54. The van der Waals surface area contributed by atoms with Gasteiger partial charge in [0.2, 0.25) is 5.91 Å². The van der Waals surface area contributed by atoms with E-state index < -0.39 is 36.0 Å². The minimum atomic E-state index is -1.31. The molecule has 4 N–H and O–H groups in total. The lowest BCUT2D eigenvalue weighted by Gasteiger charge is -2.11. The van der Waals surface area contributed by atoms with E-state index in [4.69, 9.17) is 10.8 Å². The number of hydrogen-bond acceptors (Lipinski definition) is 3. The number of benzene rings is 1. The molecule has 18 heavy (non-hydrogen) atoms. The molecule has 0 aliphatic heterocycles. The van der Waals surface area contributed by atoms with Crippen molar-refractivity contribution >= 4 is 33.5 Å². The van der Waals surface area contributed by atoms with Gasteiger partial charge in [0, 0.05) is 6.07 Å². The van der Waals surface area contributed by atoms with Crippen LogP contribution in [-0.2, 0) is 9.59 Å². The first-order chi connectivity index (χ1) is 8.31. The number of amides is 1. The number of halogens is 3. The molecule has 5 nitrogen and oxygen atoms in total. The highest BCUT2D eigenvalue weighted by molar-refractivity contribution is 9.10. The molecular formula is C10H9BrF2N2O3. The summed E-state index contributed by atoms with van der Waals surface area (Å²) < 4.78 is 26.2. The van der Waals surface area contributed by atoms with E-state index in [1.54, 1.807) is 0 Å². The predicted molar refractivity (Wildman–Crippen MR) is 62.9 cm³/mol. The molecule has 1 aromatic carbocycles. The zero-order chi connectivity index (χ0) is 13.9. The fourth-order valence-electron chi connectivity index (χ4n) is 1.12. The summed E-state index contributed by atoms with van der Waals surface area (Å²) in [5, 5.41) is 10.5. The molecule has 0 aromatic heterocycles. The minimum absolute atomic E-state index is 0.0361. The molecule has 0 aliphatic rings. The zero-order valence-electron chi connectivity index (χ0n) is 8.91. The van der Waals surface area contributed by atoms with Crippen LogP contribution in [0.1, 0.15) is 6.42 Å². The number of carbonyl (C=O) groups excluding carboxylic acids is 1. The predicted octanol–water partition coefficient (Wildman–Crippen LogP) is 1.47. The largest absolute Gasteiger partial charge is 0.481 e. The van der Waals surface area contributed by atoms with E-state index in [-0.39, 0.29) is 10.2 Å². The topological polar surface area (TPSA) is 92.4 Å². The Bertz CT molecular complexity index is 496. The molecule has 0 saturated heterocycles. The van der Waals surface area contributed by atoms with Crippen LogP contribution >= 0.6 is 15.9 Å². The number of carboxylic acid groups (broad SMARTS) is 1. The zero-order valence-corrected chi connectivity index (χ0v) is 10.5. The molecule has 1 amide bonds. The van der Waals surface area contributed by atoms with Crippen LogP contribution in [0.25, 0.3) is 0 Å². The van der Waals surface area contributed by atoms with Gasteiger partial charge in [0.1, 0.15) is 11.6 Å². The molecule has 0 heterocycles. The van der Waals surface area contributed by atoms with Gasteiger partial charge in [-0.15, -0.1) is 0 Å². The molecule has 0 spiro atoms. The summed E-state index contributed by atoms with van der Waals surface area (Å²) in [5.74, 6) is -3.92. The molecule has 0 saturated carbocycles. The van der Waals surface area contributed by atoms with Crippen molar-refractivity contribution < 1.29 is 23.5 Å². The summed E-state index contributed by atoms with van der Waals surface area (Å²) in [5.41, 5.74) is 5.00. The van der Waals surface area contributed by atoms with E-state index in [0.29, 0.717) is 6.07 Å². The van der Waals surface area contributed by atoms with Crippen LogP contribution in [0, 0.1) is 11.6 Å². The van der Waals surface area contributed by atoms with Crippen molar-refractivity contribution in [3.05, 3.63) is 28.2 Å². The number of rotatable bonds is 4. The summed E-state index contributed by atoms with van der Waals surface area (Å²) >= 11 is 2.83. The smallest absolute Gasteiger partial charge is 0.305 e. The maximum Gasteiger partial charge on any atom is 0.305 e. The number of carboxylic acids is 1.